The Hall–Kier alpha value is -0.570. The zero-order valence-corrected chi connectivity index (χ0v) is 12.6. The lowest BCUT2D eigenvalue weighted by Crippen LogP contribution is -2.42. The molecule has 3 heteroatoms. The third-order valence-corrected chi connectivity index (χ3v) is 6.01. The highest BCUT2D eigenvalue weighted by atomic mass is 16.4. The summed E-state index contributed by atoms with van der Waals surface area (Å²) in [7, 11) is 0. The molecule has 3 atom stereocenters. The maximum absolute atomic E-state index is 11.5. The minimum Gasteiger partial charge on any atom is -0.480 e. The number of fused-ring (bicyclic) bond motifs is 1. The first-order valence-electron chi connectivity index (χ1n) is 8.74. The van der Waals surface area contributed by atoms with Gasteiger partial charge in [0.25, 0.3) is 0 Å². The van der Waals surface area contributed by atoms with E-state index in [2.05, 4.69) is 4.90 Å². The van der Waals surface area contributed by atoms with Crippen molar-refractivity contribution in [1.29, 1.82) is 0 Å². The highest BCUT2D eigenvalue weighted by Crippen LogP contribution is 2.40. The molecular formula is C17H29NO2. The number of rotatable bonds is 5. The lowest BCUT2D eigenvalue weighted by molar-refractivity contribution is -0.142. The molecule has 0 amide bonds. The second-order valence-corrected chi connectivity index (χ2v) is 7.23. The zero-order valence-electron chi connectivity index (χ0n) is 12.6. The van der Waals surface area contributed by atoms with Crippen LogP contribution in [0.2, 0.25) is 0 Å². The molecule has 0 aromatic carbocycles. The number of hydrogen-bond donors (Lipinski definition) is 1. The quantitative estimate of drug-likeness (QED) is 0.834. The topological polar surface area (TPSA) is 40.5 Å². The van der Waals surface area contributed by atoms with Crippen molar-refractivity contribution in [3.63, 3.8) is 0 Å². The summed E-state index contributed by atoms with van der Waals surface area (Å²) in [6.45, 7) is 1.02. The van der Waals surface area contributed by atoms with Gasteiger partial charge in [0, 0.05) is 6.04 Å². The van der Waals surface area contributed by atoms with Crippen LogP contribution in [0.5, 0.6) is 0 Å². The van der Waals surface area contributed by atoms with Crippen LogP contribution in [0.3, 0.4) is 0 Å². The van der Waals surface area contributed by atoms with Crippen LogP contribution < -0.4 is 0 Å². The van der Waals surface area contributed by atoms with Gasteiger partial charge in [0.15, 0.2) is 0 Å². The number of aliphatic carboxylic acids is 1. The normalized spacial score (nSPS) is 35.3. The molecule has 2 aliphatic carbocycles. The summed E-state index contributed by atoms with van der Waals surface area (Å²) < 4.78 is 0. The molecule has 2 saturated carbocycles. The molecule has 0 aromatic heterocycles. The van der Waals surface area contributed by atoms with Gasteiger partial charge in [-0.25, -0.2) is 0 Å². The zero-order chi connectivity index (χ0) is 13.9. The van der Waals surface area contributed by atoms with E-state index in [1.165, 1.54) is 64.2 Å². The number of carbonyl (C=O) groups is 1. The van der Waals surface area contributed by atoms with Crippen LogP contribution in [-0.4, -0.2) is 34.6 Å². The summed E-state index contributed by atoms with van der Waals surface area (Å²) in [5.41, 5.74) is 0. The van der Waals surface area contributed by atoms with Crippen molar-refractivity contribution in [2.45, 2.75) is 82.7 Å². The fraction of sp³-hybridized carbons (Fsp3) is 0.941. The second kappa shape index (κ2) is 6.46. The van der Waals surface area contributed by atoms with Crippen molar-refractivity contribution in [2.75, 3.05) is 6.54 Å². The molecule has 0 spiro atoms. The SMILES string of the molecule is O=C(O)C1CC2CCCCC2N1CCCC1CCCC1. The molecule has 1 saturated heterocycles. The minimum absolute atomic E-state index is 0.188. The van der Waals surface area contributed by atoms with E-state index < -0.39 is 5.97 Å². The van der Waals surface area contributed by atoms with Crippen LogP contribution in [0.1, 0.15) is 70.6 Å². The lowest BCUT2D eigenvalue weighted by Gasteiger charge is -2.33. The largest absolute Gasteiger partial charge is 0.480 e. The molecule has 3 unspecified atom stereocenters. The standard InChI is InChI=1S/C17H29NO2/c19-17(20)16-12-14-9-3-4-10-15(14)18(16)11-5-8-13-6-1-2-7-13/h13-16H,1-12H2,(H,19,20). The molecule has 3 nitrogen and oxygen atoms in total. The second-order valence-electron chi connectivity index (χ2n) is 7.23. The number of carboxylic acids is 1. The Labute approximate surface area is 122 Å². The molecule has 114 valence electrons. The molecule has 1 aliphatic heterocycles. The van der Waals surface area contributed by atoms with Gasteiger partial charge in [0.05, 0.1) is 0 Å². The molecule has 3 aliphatic rings. The highest BCUT2D eigenvalue weighted by Gasteiger charge is 2.44. The van der Waals surface area contributed by atoms with Gasteiger partial charge in [-0.15, -0.1) is 0 Å². The van der Waals surface area contributed by atoms with Crippen LogP contribution >= 0.6 is 0 Å². The van der Waals surface area contributed by atoms with E-state index in [9.17, 15) is 9.90 Å². The molecule has 0 aromatic rings. The van der Waals surface area contributed by atoms with Gasteiger partial charge in [0.1, 0.15) is 6.04 Å². The average molecular weight is 279 g/mol. The van der Waals surface area contributed by atoms with E-state index in [1.807, 2.05) is 0 Å². The van der Waals surface area contributed by atoms with E-state index in [1.54, 1.807) is 0 Å². The Morgan fingerprint density at radius 2 is 1.75 bits per heavy atom. The first-order valence-corrected chi connectivity index (χ1v) is 8.74. The predicted molar refractivity (Wildman–Crippen MR) is 79.7 cm³/mol. The third-order valence-electron chi connectivity index (χ3n) is 6.01. The molecule has 1 N–H and O–H groups in total. The summed E-state index contributed by atoms with van der Waals surface area (Å²) in [4.78, 5) is 13.9. The van der Waals surface area contributed by atoms with Crippen LogP contribution in [0, 0.1) is 11.8 Å². The van der Waals surface area contributed by atoms with Crippen molar-refractivity contribution in [1.82, 2.24) is 4.90 Å². The van der Waals surface area contributed by atoms with Gasteiger partial charge in [-0.3, -0.25) is 9.69 Å². The number of nitrogens with zero attached hydrogens (tertiary/aromatic N) is 1. The van der Waals surface area contributed by atoms with Crippen LogP contribution in [-0.2, 0) is 4.79 Å². The summed E-state index contributed by atoms with van der Waals surface area (Å²) in [6, 6.07) is 0.389. The lowest BCUT2D eigenvalue weighted by atomic mass is 9.84. The summed E-state index contributed by atoms with van der Waals surface area (Å²) in [6.07, 6.45) is 14.2. The van der Waals surface area contributed by atoms with Crippen molar-refractivity contribution >= 4 is 5.97 Å². The van der Waals surface area contributed by atoms with Gasteiger partial charge in [-0.2, -0.15) is 0 Å². The van der Waals surface area contributed by atoms with Gasteiger partial charge in [0.2, 0.25) is 0 Å². The van der Waals surface area contributed by atoms with E-state index in [-0.39, 0.29) is 6.04 Å². The monoisotopic (exact) mass is 279 g/mol. The molecule has 0 radical (unpaired) electrons. The fourth-order valence-electron chi connectivity index (χ4n) is 4.98. The number of carboxylic acid groups (broad SMARTS) is 1. The van der Waals surface area contributed by atoms with Gasteiger partial charge >= 0.3 is 5.97 Å². The van der Waals surface area contributed by atoms with Crippen molar-refractivity contribution in [3.8, 4) is 0 Å². The van der Waals surface area contributed by atoms with Crippen molar-refractivity contribution in [3.05, 3.63) is 0 Å². The van der Waals surface area contributed by atoms with Gasteiger partial charge < -0.3 is 5.11 Å². The van der Waals surface area contributed by atoms with Crippen LogP contribution in [0.4, 0.5) is 0 Å². The Morgan fingerprint density at radius 1 is 1.05 bits per heavy atom. The maximum atomic E-state index is 11.5. The maximum Gasteiger partial charge on any atom is 0.320 e. The summed E-state index contributed by atoms with van der Waals surface area (Å²) >= 11 is 0. The van der Waals surface area contributed by atoms with E-state index >= 15 is 0 Å². The summed E-state index contributed by atoms with van der Waals surface area (Å²) in [5, 5.41) is 9.50. The first-order chi connectivity index (χ1) is 9.75. The first kappa shape index (κ1) is 14.4. The molecular weight excluding hydrogens is 250 g/mol. The van der Waals surface area contributed by atoms with Crippen LogP contribution in [0.25, 0.3) is 0 Å². The van der Waals surface area contributed by atoms with E-state index in [0.717, 1.165) is 18.9 Å². The van der Waals surface area contributed by atoms with E-state index in [0.29, 0.717) is 12.0 Å². The van der Waals surface area contributed by atoms with Gasteiger partial charge in [-0.05, 0) is 50.5 Å². The average Bonchev–Trinajstić information content (AvgIpc) is 3.07. The number of hydrogen-bond acceptors (Lipinski definition) is 2. The summed E-state index contributed by atoms with van der Waals surface area (Å²) in [5.74, 6) is 1.01. The molecule has 1 heterocycles. The van der Waals surface area contributed by atoms with Crippen molar-refractivity contribution < 1.29 is 9.90 Å². The fourth-order valence-corrected chi connectivity index (χ4v) is 4.98. The van der Waals surface area contributed by atoms with Crippen LogP contribution in [0.15, 0.2) is 0 Å². The molecule has 20 heavy (non-hydrogen) atoms. The Morgan fingerprint density at radius 3 is 2.50 bits per heavy atom. The van der Waals surface area contributed by atoms with Crippen molar-refractivity contribution in [2.24, 2.45) is 11.8 Å². The Kier molecular flexibility index (Phi) is 4.65. The smallest absolute Gasteiger partial charge is 0.320 e. The highest BCUT2D eigenvalue weighted by molar-refractivity contribution is 5.74. The molecule has 3 fully saturated rings. The Bertz CT molecular complexity index is 338. The minimum atomic E-state index is -0.583. The number of likely N-dealkylation sites (tertiary alicyclic amines) is 1. The van der Waals surface area contributed by atoms with Gasteiger partial charge in [-0.1, -0.05) is 38.5 Å². The third kappa shape index (κ3) is 3.03. The molecule has 3 rings (SSSR count). The van der Waals surface area contributed by atoms with E-state index in [4.69, 9.17) is 0 Å². The molecule has 0 bridgehead atoms. The predicted octanol–water partition coefficient (Wildman–Crippen LogP) is 3.67. The Balaban J connectivity index is 1.54.